The van der Waals surface area contributed by atoms with Crippen LogP contribution in [0.1, 0.15) is 54.4 Å². The Kier molecular flexibility index (Phi) is 6.40. The van der Waals surface area contributed by atoms with Gasteiger partial charge in [-0.3, -0.25) is 4.79 Å². The Morgan fingerprint density at radius 3 is 2.50 bits per heavy atom. The number of nitrogens with one attached hydrogen (secondary N) is 1. The molecule has 2 aromatic carbocycles. The monoisotopic (exact) mass is 354 g/mol. The number of amides is 1. The van der Waals surface area contributed by atoms with Crippen LogP contribution in [0.5, 0.6) is 0 Å². The summed E-state index contributed by atoms with van der Waals surface area (Å²) in [7, 11) is 0. The lowest BCUT2D eigenvalue weighted by molar-refractivity contribution is 0.100. The highest BCUT2D eigenvalue weighted by Crippen LogP contribution is 2.26. The van der Waals surface area contributed by atoms with E-state index in [0.29, 0.717) is 11.1 Å². The molecule has 1 aliphatic rings. The number of benzene rings is 2. The summed E-state index contributed by atoms with van der Waals surface area (Å²) in [6, 6.07) is 11.9. The number of rotatable bonds is 7. The van der Waals surface area contributed by atoms with Gasteiger partial charge in [0.15, 0.2) is 0 Å². The lowest BCUT2D eigenvalue weighted by Crippen LogP contribution is -2.19. The van der Waals surface area contributed by atoms with Gasteiger partial charge in [-0.05, 0) is 54.3 Å². The highest BCUT2D eigenvalue weighted by atomic mass is 19.1. The second kappa shape index (κ2) is 8.95. The Morgan fingerprint density at radius 2 is 1.81 bits per heavy atom. The second-order valence-corrected chi connectivity index (χ2v) is 7.23. The normalized spacial score (nSPS) is 15.1. The van der Waals surface area contributed by atoms with E-state index in [0.717, 1.165) is 30.1 Å². The SMILES string of the molecule is NC(=O)c1ccc(-c2cc(CNCCC3CCCCC3)ccc2F)cc1. The molecule has 3 N–H and O–H groups in total. The zero-order chi connectivity index (χ0) is 18.4. The number of carbonyl (C=O) groups excluding carboxylic acids is 1. The van der Waals surface area contributed by atoms with Crippen LogP contribution in [0, 0.1) is 11.7 Å². The van der Waals surface area contributed by atoms with Crippen molar-refractivity contribution in [2.45, 2.75) is 45.1 Å². The number of hydrogen-bond donors (Lipinski definition) is 2. The Morgan fingerprint density at radius 1 is 1.08 bits per heavy atom. The standard InChI is InChI=1S/C22H27FN2O/c23-21-11-6-17(15-25-13-12-16-4-2-1-3-5-16)14-20(21)18-7-9-19(10-8-18)22(24)26/h6-11,14,16,25H,1-5,12-13,15H2,(H2,24,26). The van der Waals surface area contributed by atoms with E-state index in [1.54, 1.807) is 24.3 Å². The Bertz CT molecular complexity index is 736. The van der Waals surface area contributed by atoms with Gasteiger partial charge in [0.05, 0.1) is 0 Å². The van der Waals surface area contributed by atoms with Crippen molar-refractivity contribution in [1.29, 1.82) is 0 Å². The van der Waals surface area contributed by atoms with Gasteiger partial charge in [-0.25, -0.2) is 4.39 Å². The predicted molar refractivity (Wildman–Crippen MR) is 103 cm³/mol. The van der Waals surface area contributed by atoms with Crippen molar-refractivity contribution < 1.29 is 9.18 Å². The van der Waals surface area contributed by atoms with Crippen molar-refractivity contribution in [2.75, 3.05) is 6.54 Å². The van der Waals surface area contributed by atoms with E-state index < -0.39 is 5.91 Å². The molecule has 0 atom stereocenters. The molecule has 26 heavy (non-hydrogen) atoms. The fraction of sp³-hybridized carbons (Fsp3) is 0.409. The first-order chi connectivity index (χ1) is 12.6. The zero-order valence-electron chi connectivity index (χ0n) is 15.1. The first-order valence-corrected chi connectivity index (χ1v) is 9.53. The largest absolute Gasteiger partial charge is 0.366 e. The van der Waals surface area contributed by atoms with Crippen LogP contribution in [0.15, 0.2) is 42.5 Å². The van der Waals surface area contributed by atoms with E-state index in [2.05, 4.69) is 5.32 Å². The first kappa shape index (κ1) is 18.6. The molecule has 1 saturated carbocycles. The van der Waals surface area contributed by atoms with Gasteiger partial charge in [0, 0.05) is 17.7 Å². The smallest absolute Gasteiger partial charge is 0.248 e. The number of nitrogens with two attached hydrogens (primary N) is 1. The van der Waals surface area contributed by atoms with Crippen LogP contribution in [0.25, 0.3) is 11.1 Å². The van der Waals surface area contributed by atoms with Crippen LogP contribution < -0.4 is 11.1 Å². The summed E-state index contributed by atoms with van der Waals surface area (Å²) in [4.78, 5) is 11.2. The van der Waals surface area contributed by atoms with E-state index in [4.69, 9.17) is 5.73 Å². The van der Waals surface area contributed by atoms with Crippen molar-refractivity contribution >= 4 is 5.91 Å². The van der Waals surface area contributed by atoms with E-state index in [9.17, 15) is 9.18 Å². The summed E-state index contributed by atoms with van der Waals surface area (Å²) in [6.07, 6.45) is 8.10. The highest BCUT2D eigenvalue weighted by Gasteiger charge is 2.12. The van der Waals surface area contributed by atoms with Gasteiger partial charge < -0.3 is 11.1 Å². The Balaban J connectivity index is 1.59. The summed E-state index contributed by atoms with van der Waals surface area (Å²) >= 11 is 0. The molecule has 0 aliphatic heterocycles. The van der Waals surface area contributed by atoms with Crippen LogP contribution in [0.2, 0.25) is 0 Å². The van der Waals surface area contributed by atoms with Crippen LogP contribution in [-0.4, -0.2) is 12.5 Å². The molecule has 0 aromatic heterocycles. The topological polar surface area (TPSA) is 55.1 Å². The molecule has 4 heteroatoms. The Labute approximate surface area is 154 Å². The van der Waals surface area contributed by atoms with Crippen molar-refractivity contribution in [3.05, 3.63) is 59.4 Å². The third-order valence-corrected chi connectivity index (χ3v) is 5.29. The van der Waals surface area contributed by atoms with E-state index in [-0.39, 0.29) is 5.82 Å². The zero-order valence-corrected chi connectivity index (χ0v) is 15.1. The van der Waals surface area contributed by atoms with E-state index >= 15 is 0 Å². The predicted octanol–water partition coefficient (Wildman–Crippen LogP) is 4.65. The number of primary amides is 1. The number of halogens is 1. The van der Waals surface area contributed by atoms with Crippen LogP contribution >= 0.6 is 0 Å². The summed E-state index contributed by atoms with van der Waals surface area (Å²) < 4.78 is 14.2. The number of carbonyl (C=O) groups is 1. The van der Waals surface area contributed by atoms with Gasteiger partial charge in [-0.15, -0.1) is 0 Å². The fourth-order valence-corrected chi connectivity index (χ4v) is 3.73. The second-order valence-electron chi connectivity index (χ2n) is 7.23. The molecule has 0 radical (unpaired) electrons. The molecule has 1 amide bonds. The maximum Gasteiger partial charge on any atom is 0.248 e. The molecule has 1 fully saturated rings. The molecule has 0 unspecified atom stereocenters. The van der Waals surface area contributed by atoms with E-state index in [1.807, 2.05) is 12.1 Å². The molecular formula is C22H27FN2O. The van der Waals surface area contributed by atoms with Crippen LogP contribution in [0.3, 0.4) is 0 Å². The van der Waals surface area contributed by atoms with Gasteiger partial charge in [-0.2, -0.15) is 0 Å². The Hall–Kier alpha value is -2.20. The number of hydrogen-bond acceptors (Lipinski definition) is 2. The third kappa shape index (κ3) is 4.92. The minimum atomic E-state index is -0.479. The molecule has 1 aliphatic carbocycles. The maximum absolute atomic E-state index is 14.2. The summed E-state index contributed by atoms with van der Waals surface area (Å²) in [6.45, 7) is 1.74. The summed E-state index contributed by atoms with van der Waals surface area (Å²) in [5.74, 6) is 0.125. The van der Waals surface area contributed by atoms with Gasteiger partial charge >= 0.3 is 0 Å². The molecule has 2 aromatic rings. The van der Waals surface area contributed by atoms with Crippen LogP contribution in [-0.2, 0) is 6.54 Å². The van der Waals surface area contributed by atoms with Crippen molar-refractivity contribution in [1.82, 2.24) is 5.32 Å². The molecule has 138 valence electrons. The van der Waals surface area contributed by atoms with Gasteiger partial charge in [0.25, 0.3) is 0 Å². The van der Waals surface area contributed by atoms with Crippen molar-refractivity contribution in [3.8, 4) is 11.1 Å². The van der Waals surface area contributed by atoms with E-state index in [1.165, 1.54) is 44.6 Å². The van der Waals surface area contributed by atoms with Crippen LogP contribution in [0.4, 0.5) is 4.39 Å². The third-order valence-electron chi connectivity index (χ3n) is 5.29. The van der Waals surface area contributed by atoms with Gasteiger partial charge in [0.2, 0.25) is 5.91 Å². The summed E-state index contributed by atoms with van der Waals surface area (Å²) in [5, 5.41) is 3.49. The molecule has 0 heterocycles. The molecule has 0 spiro atoms. The summed E-state index contributed by atoms with van der Waals surface area (Å²) in [5.41, 5.74) is 8.04. The van der Waals surface area contributed by atoms with Crippen molar-refractivity contribution in [2.24, 2.45) is 11.7 Å². The minimum absolute atomic E-state index is 0.261. The highest BCUT2D eigenvalue weighted by molar-refractivity contribution is 5.93. The first-order valence-electron chi connectivity index (χ1n) is 9.53. The molecule has 3 nitrogen and oxygen atoms in total. The average molecular weight is 354 g/mol. The minimum Gasteiger partial charge on any atom is -0.366 e. The molecule has 0 saturated heterocycles. The fourth-order valence-electron chi connectivity index (χ4n) is 3.73. The molecule has 0 bridgehead atoms. The average Bonchev–Trinajstić information content (AvgIpc) is 2.67. The lowest BCUT2D eigenvalue weighted by atomic mass is 9.87. The maximum atomic E-state index is 14.2. The molecule has 3 rings (SSSR count). The van der Waals surface area contributed by atoms with Gasteiger partial charge in [-0.1, -0.05) is 50.3 Å². The van der Waals surface area contributed by atoms with Gasteiger partial charge in [0.1, 0.15) is 5.82 Å². The molecular weight excluding hydrogens is 327 g/mol. The lowest BCUT2D eigenvalue weighted by Gasteiger charge is -2.21. The quantitative estimate of drug-likeness (QED) is 0.711. The van der Waals surface area contributed by atoms with Crippen molar-refractivity contribution in [3.63, 3.8) is 0 Å².